The molecule has 0 amide bonds. The van der Waals surface area contributed by atoms with Crippen LogP contribution in [0.3, 0.4) is 0 Å². The van der Waals surface area contributed by atoms with E-state index < -0.39 is 17.9 Å². The van der Waals surface area contributed by atoms with Gasteiger partial charge in [-0.1, -0.05) is 17.7 Å². The van der Waals surface area contributed by atoms with Crippen molar-refractivity contribution in [3.05, 3.63) is 82.9 Å². The van der Waals surface area contributed by atoms with Crippen LogP contribution < -0.4 is 9.47 Å². The molecule has 0 spiro atoms. The summed E-state index contributed by atoms with van der Waals surface area (Å²) in [6.45, 7) is 1.80. The number of fused-ring (bicyclic) bond motifs is 1. The molecule has 1 atom stereocenters. The lowest BCUT2D eigenvalue weighted by molar-refractivity contribution is 0.0696. The van der Waals surface area contributed by atoms with Crippen LogP contribution in [0.4, 0.5) is 4.39 Å². The first kappa shape index (κ1) is 19.7. The number of ether oxygens (including phenoxy) is 2. The van der Waals surface area contributed by atoms with E-state index in [0.29, 0.717) is 28.4 Å². The Morgan fingerprint density at radius 2 is 1.93 bits per heavy atom. The minimum absolute atomic E-state index is 0.142. The van der Waals surface area contributed by atoms with Gasteiger partial charge in [0.1, 0.15) is 28.9 Å². The average Bonchev–Trinajstić information content (AvgIpc) is 3.11. The zero-order valence-electron chi connectivity index (χ0n) is 15.7. The smallest absolute Gasteiger partial charge is 0.335 e. The van der Waals surface area contributed by atoms with Crippen LogP contribution in [0.2, 0.25) is 5.02 Å². The lowest BCUT2D eigenvalue weighted by Gasteiger charge is -2.12. The van der Waals surface area contributed by atoms with E-state index in [0.717, 1.165) is 0 Å². The number of aromatic amines is 1. The normalized spacial score (nSPS) is 12.0. The molecule has 0 saturated heterocycles. The Hall–Kier alpha value is -3.58. The molecule has 1 heterocycles. The van der Waals surface area contributed by atoms with Crippen molar-refractivity contribution >= 4 is 28.6 Å². The number of halogens is 2. The van der Waals surface area contributed by atoms with Crippen LogP contribution in [-0.4, -0.2) is 21.0 Å². The molecule has 0 aliphatic heterocycles. The Morgan fingerprint density at radius 3 is 2.70 bits per heavy atom. The molecule has 152 valence electrons. The minimum atomic E-state index is -1.02. The first-order chi connectivity index (χ1) is 14.4. The average molecular weight is 427 g/mol. The molecule has 0 aliphatic carbocycles. The second-order valence-corrected chi connectivity index (χ2v) is 7.04. The predicted octanol–water partition coefficient (Wildman–Crippen LogP) is 5.99. The van der Waals surface area contributed by atoms with E-state index in [1.165, 1.54) is 30.3 Å². The number of aromatic nitrogens is 2. The Balaban J connectivity index is 1.54. The van der Waals surface area contributed by atoms with E-state index in [-0.39, 0.29) is 16.3 Å². The first-order valence-corrected chi connectivity index (χ1v) is 9.39. The number of aromatic carboxylic acids is 1. The van der Waals surface area contributed by atoms with Crippen LogP contribution in [0.25, 0.3) is 11.0 Å². The van der Waals surface area contributed by atoms with E-state index in [9.17, 15) is 9.18 Å². The quantitative estimate of drug-likeness (QED) is 0.396. The summed E-state index contributed by atoms with van der Waals surface area (Å²) in [5.74, 6) is 0.257. The van der Waals surface area contributed by atoms with Crippen LogP contribution in [0.15, 0.2) is 60.7 Å². The molecule has 0 fully saturated rings. The fourth-order valence-corrected chi connectivity index (χ4v) is 3.16. The molecule has 0 radical (unpaired) electrons. The number of carbonyl (C=O) groups is 1. The van der Waals surface area contributed by atoms with E-state index in [4.69, 9.17) is 26.2 Å². The summed E-state index contributed by atoms with van der Waals surface area (Å²) in [4.78, 5) is 18.8. The lowest BCUT2D eigenvalue weighted by Crippen LogP contribution is -2.06. The second-order valence-electron chi connectivity index (χ2n) is 6.60. The molecule has 4 aromatic rings. The van der Waals surface area contributed by atoms with Crippen molar-refractivity contribution in [1.82, 2.24) is 9.97 Å². The second kappa shape index (κ2) is 8.04. The molecule has 1 unspecified atom stereocenters. The Labute approximate surface area is 175 Å². The number of imidazole rings is 1. The van der Waals surface area contributed by atoms with Gasteiger partial charge in [-0.3, -0.25) is 0 Å². The van der Waals surface area contributed by atoms with Crippen LogP contribution >= 0.6 is 11.6 Å². The highest BCUT2D eigenvalue weighted by Gasteiger charge is 2.14. The summed E-state index contributed by atoms with van der Waals surface area (Å²) < 4.78 is 25.0. The molecular weight excluding hydrogens is 411 g/mol. The Morgan fingerprint density at radius 1 is 1.10 bits per heavy atom. The van der Waals surface area contributed by atoms with Crippen LogP contribution in [0.1, 0.15) is 29.2 Å². The topological polar surface area (TPSA) is 84.4 Å². The van der Waals surface area contributed by atoms with Crippen molar-refractivity contribution in [2.45, 2.75) is 13.0 Å². The largest absolute Gasteiger partial charge is 0.483 e. The maximum Gasteiger partial charge on any atom is 0.335 e. The van der Waals surface area contributed by atoms with E-state index in [2.05, 4.69) is 9.97 Å². The number of H-pyrrole nitrogens is 1. The molecule has 0 saturated carbocycles. The maximum absolute atomic E-state index is 13.5. The Bertz CT molecular complexity index is 1220. The van der Waals surface area contributed by atoms with E-state index >= 15 is 0 Å². The number of rotatable bonds is 6. The fourth-order valence-electron chi connectivity index (χ4n) is 2.95. The van der Waals surface area contributed by atoms with Crippen molar-refractivity contribution in [1.29, 1.82) is 0 Å². The lowest BCUT2D eigenvalue weighted by atomic mass is 10.2. The maximum atomic E-state index is 13.5. The molecule has 4 rings (SSSR count). The van der Waals surface area contributed by atoms with Gasteiger partial charge < -0.3 is 19.6 Å². The van der Waals surface area contributed by atoms with Crippen LogP contribution in [0.5, 0.6) is 17.2 Å². The molecular formula is C22H16ClFN2O4. The van der Waals surface area contributed by atoms with Gasteiger partial charge in [-0.2, -0.15) is 0 Å². The SMILES string of the molecule is CC(Oc1cccc(C(=O)O)c1)c1nc2ccc(Oc3cc(F)cc(Cl)c3)cc2[nH]1. The van der Waals surface area contributed by atoms with Gasteiger partial charge in [-0.05, 0) is 49.4 Å². The third-order valence-electron chi connectivity index (χ3n) is 4.32. The molecule has 2 N–H and O–H groups in total. The van der Waals surface area contributed by atoms with E-state index in [1.54, 1.807) is 37.3 Å². The van der Waals surface area contributed by atoms with Gasteiger partial charge in [-0.25, -0.2) is 14.2 Å². The highest BCUT2D eigenvalue weighted by molar-refractivity contribution is 6.30. The number of hydrogen-bond acceptors (Lipinski definition) is 4. The molecule has 30 heavy (non-hydrogen) atoms. The molecule has 3 aromatic carbocycles. The van der Waals surface area contributed by atoms with Crippen molar-refractivity contribution in [3.63, 3.8) is 0 Å². The number of benzene rings is 3. The van der Waals surface area contributed by atoms with Gasteiger partial charge in [0.2, 0.25) is 0 Å². The zero-order valence-corrected chi connectivity index (χ0v) is 16.5. The third kappa shape index (κ3) is 4.36. The number of carboxylic acids is 1. The number of carboxylic acid groups (broad SMARTS) is 1. The summed E-state index contributed by atoms with van der Waals surface area (Å²) in [6, 6.07) is 15.4. The van der Waals surface area contributed by atoms with Crippen LogP contribution in [-0.2, 0) is 0 Å². The molecule has 0 bridgehead atoms. The highest BCUT2D eigenvalue weighted by Crippen LogP contribution is 2.29. The van der Waals surface area contributed by atoms with Gasteiger partial charge >= 0.3 is 5.97 Å². The number of nitrogens with zero attached hydrogens (tertiary/aromatic N) is 1. The van der Waals surface area contributed by atoms with Gasteiger partial charge in [-0.15, -0.1) is 0 Å². The summed E-state index contributed by atoms with van der Waals surface area (Å²) in [5, 5.41) is 9.35. The van der Waals surface area contributed by atoms with Crippen molar-refractivity contribution in [2.24, 2.45) is 0 Å². The predicted molar refractivity (Wildman–Crippen MR) is 110 cm³/mol. The fraction of sp³-hybridized carbons (Fsp3) is 0.0909. The molecule has 0 aliphatic rings. The molecule has 6 nitrogen and oxygen atoms in total. The van der Waals surface area contributed by atoms with Gasteiger partial charge in [0.05, 0.1) is 16.6 Å². The summed E-state index contributed by atoms with van der Waals surface area (Å²) in [6.07, 6.45) is -0.451. The number of nitrogens with one attached hydrogen (secondary N) is 1. The highest BCUT2D eigenvalue weighted by atomic mass is 35.5. The first-order valence-electron chi connectivity index (χ1n) is 9.01. The molecule has 1 aromatic heterocycles. The van der Waals surface area contributed by atoms with Crippen molar-refractivity contribution < 1.29 is 23.8 Å². The standard InChI is InChI=1S/C22H16ClFN2O4/c1-12(29-16-4-2-3-13(7-16)22(27)28)21-25-19-6-5-17(11-20(19)26-21)30-18-9-14(23)8-15(24)10-18/h2-12H,1H3,(H,25,26)(H,27,28). The third-order valence-corrected chi connectivity index (χ3v) is 4.54. The summed E-state index contributed by atoms with van der Waals surface area (Å²) in [5.41, 5.74) is 1.55. The van der Waals surface area contributed by atoms with E-state index in [1.807, 2.05) is 0 Å². The monoisotopic (exact) mass is 426 g/mol. The van der Waals surface area contributed by atoms with Gasteiger partial charge in [0.25, 0.3) is 0 Å². The zero-order chi connectivity index (χ0) is 21.3. The van der Waals surface area contributed by atoms with Gasteiger partial charge in [0.15, 0.2) is 6.10 Å². The van der Waals surface area contributed by atoms with Crippen molar-refractivity contribution in [3.8, 4) is 17.2 Å². The summed E-state index contributed by atoms with van der Waals surface area (Å²) >= 11 is 5.86. The Kier molecular flexibility index (Phi) is 5.29. The van der Waals surface area contributed by atoms with Crippen LogP contribution in [0, 0.1) is 5.82 Å². The molecule has 8 heteroatoms. The number of hydrogen-bond donors (Lipinski definition) is 2. The van der Waals surface area contributed by atoms with Gasteiger partial charge in [0, 0.05) is 17.2 Å². The summed E-state index contributed by atoms with van der Waals surface area (Å²) in [7, 11) is 0. The van der Waals surface area contributed by atoms with Crippen molar-refractivity contribution in [2.75, 3.05) is 0 Å². The minimum Gasteiger partial charge on any atom is -0.483 e.